The molecule has 2 saturated heterocycles. The highest BCUT2D eigenvalue weighted by Crippen LogP contribution is 2.29. The summed E-state index contributed by atoms with van der Waals surface area (Å²) in [6, 6.07) is 9.80. The van der Waals surface area contributed by atoms with Crippen LogP contribution >= 0.6 is 0 Å². The van der Waals surface area contributed by atoms with Crippen LogP contribution in [0.2, 0.25) is 0 Å². The second-order valence-electron chi connectivity index (χ2n) is 22.3. The van der Waals surface area contributed by atoms with E-state index in [0.717, 1.165) is 62.5 Å². The number of carbonyl (C=O) groups excluding carboxylic acids is 6. The Hall–Kier alpha value is -4.96. The summed E-state index contributed by atoms with van der Waals surface area (Å²) < 4.78 is 27.5. The van der Waals surface area contributed by atoms with Gasteiger partial charge < -0.3 is 40.9 Å². The van der Waals surface area contributed by atoms with Crippen LogP contribution < -0.4 is 21.3 Å². The van der Waals surface area contributed by atoms with E-state index in [2.05, 4.69) is 21.3 Å². The van der Waals surface area contributed by atoms with Crippen LogP contribution in [-0.2, 0) is 41.6 Å². The number of unbranched alkanes of at least 4 members (excludes halogenated alkanes) is 5. The van der Waals surface area contributed by atoms with E-state index in [4.69, 9.17) is 0 Å². The average Bonchev–Trinajstić information content (AvgIpc) is 4.02. The number of rotatable bonds is 27. The molecule has 0 radical (unpaired) electrons. The van der Waals surface area contributed by atoms with Crippen molar-refractivity contribution in [2.45, 2.75) is 182 Å². The first-order valence-electron chi connectivity index (χ1n) is 26.6. The summed E-state index contributed by atoms with van der Waals surface area (Å²) in [5.41, 5.74) is 0.746. The molecule has 2 aliphatic rings. The molecule has 0 saturated carbocycles. The Kier molecular flexibility index (Phi) is 23.6. The molecule has 6 amide bonds. The van der Waals surface area contributed by atoms with Gasteiger partial charge in [0.05, 0.1) is 12.1 Å². The predicted molar refractivity (Wildman–Crippen MR) is 280 cm³/mol. The number of nitrogens with one attached hydrogen (secondary N) is 4. The lowest BCUT2D eigenvalue weighted by molar-refractivity contribution is -0.142. The molecule has 2 aliphatic heterocycles. The zero-order chi connectivity index (χ0) is 53.2. The van der Waals surface area contributed by atoms with Crippen LogP contribution in [0.4, 0.5) is 8.78 Å². The molecule has 2 heterocycles. The summed E-state index contributed by atoms with van der Waals surface area (Å²) in [4.78, 5) is 89.7. The van der Waals surface area contributed by atoms with Crippen molar-refractivity contribution in [3.05, 3.63) is 71.3 Å². The van der Waals surface area contributed by atoms with Crippen molar-refractivity contribution < 1.29 is 37.5 Å². The van der Waals surface area contributed by atoms with Gasteiger partial charge in [0.1, 0.15) is 23.7 Å². The van der Waals surface area contributed by atoms with Gasteiger partial charge in [-0.1, -0.05) is 91.5 Å². The molecule has 4 N–H and O–H groups in total. The van der Waals surface area contributed by atoms with Gasteiger partial charge in [0.25, 0.3) is 0 Å². The first kappa shape index (κ1) is 59.6. The number of likely N-dealkylation sites (tertiary alicyclic amines) is 2. The fraction of sp³-hybridized carbons (Fsp3) is 0.679. The fourth-order valence-electron chi connectivity index (χ4n) is 9.61. The van der Waals surface area contributed by atoms with E-state index in [1.807, 2.05) is 61.1 Å². The Morgan fingerprint density at radius 2 is 0.903 bits per heavy atom. The minimum Gasteiger partial charge on any atom is -0.342 e. The molecule has 6 atom stereocenters. The lowest BCUT2D eigenvalue weighted by Gasteiger charge is -2.37. The first-order valence-corrected chi connectivity index (χ1v) is 26.6. The number of hydrogen-bond acceptors (Lipinski definition) is 8. The molecular weight excluding hydrogens is 919 g/mol. The van der Waals surface area contributed by atoms with Crippen molar-refractivity contribution in [3.63, 3.8) is 0 Å². The van der Waals surface area contributed by atoms with E-state index < -0.39 is 35.0 Å². The molecule has 0 unspecified atom stereocenters. The largest absolute Gasteiger partial charge is 0.342 e. The molecule has 2 aromatic rings. The van der Waals surface area contributed by atoms with Crippen molar-refractivity contribution in [1.29, 1.82) is 0 Å². The molecule has 16 heteroatoms. The minimum atomic E-state index is -0.739. The molecule has 2 aromatic carbocycles. The highest BCUT2D eigenvalue weighted by Gasteiger charge is 2.42. The maximum Gasteiger partial charge on any atom is 0.246 e. The van der Waals surface area contributed by atoms with Gasteiger partial charge in [0, 0.05) is 64.2 Å². The second-order valence-corrected chi connectivity index (χ2v) is 22.3. The van der Waals surface area contributed by atoms with E-state index in [1.54, 1.807) is 52.2 Å². The summed E-state index contributed by atoms with van der Waals surface area (Å²) in [7, 11) is 3.40. The van der Waals surface area contributed by atoms with Gasteiger partial charge in [-0.25, -0.2) is 8.78 Å². The van der Waals surface area contributed by atoms with Gasteiger partial charge in [-0.3, -0.25) is 28.8 Å². The standard InChI is InChI=1S/C56H88F2N8O6/c1-39(59-9)51(69)61-49(55(3,4)5)53(71)65-33-17-19-45(65)37-63(35-31-41-23-27-43(57)28-24-41)47(67)21-15-13-11-12-14-16-22-48(68)64(36-32-42-25-29-44(58)30-26-42)38-46-20-18-34-66(46)54(72)50(56(6,7)8)62-52(70)40(2)60-10/h23-30,39-40,45-46,49-50,59-60H,11-22,31-38H2,1-10H3,(H,61,69)(H,62,70)/t39-,40-,45-,46+,49+,50+/m0/s1. The van der Waals surface area contributed by atoms with Crippen molar-refractivity contribution in [3.8, 4) is 0 Å². The molecule has 4 rings (SSSR count). The van der Waals surface area contributed by atoms with Crippen molar-refractivity contribution in [1.82, 2.24) is 40.9 Å². The van der Waals surface area contributed by atoms with Gasteiger partial charge >= 0.3 is 0 Å². The maximum atomic E-state index is 14.2. The molecule has 14 nitrogen and oxygen atoms in total. The second kappa shape index (κ2) is 28.5. The number of halogens is 2. The Balaban J connectivity index is 1.33. The van der Waals surface area contributed by atoms with Crippen LogP contribution in [0.3, 0.4) is 0 Å². The van der Waals surface area contributed by atoms with E-state index in [1.165, 1.54) is 24.3 Å². The highest BCUT2D eigenvalue weighted by molar-refractivity contribution is 5.91. The van der Waals surface area contributed by atoms with Crippen molar-refractivity contribution in [2.24, 2.45) is 10.8 Å². The molecule has 0 aromatic heterocycles. The normalized spacial score (nSPS) is 17.8. The summed E-state index contributed by atoms with van der Waals surface area (Å²) in [6.45, 7) is 17.8. The third-order valence-electron chi connectivity index (χ3n) is 14.5. The molecular formula is C56H88F2N8O6. The zero-order valence-corrected chi connectivity index (χ0v) is 45.2. The Morgan fingerprint density at radius 3 is 1.22 bits per heavy atom. The molecule has 0 aliphatic carbocycles. The minimum absolute atomic E-state index is 0.0100. The van der Waals surface area contributed by atoms with Gasteiger partial charge in [0.2, 0.25) is 35.4 Å². The molecule has 72 heavy (non-hydrogen) atoms. The molecule has 0 bridgehead atoms. The van der Waals surface area contributed by atoms with Crippen LogP contribution in [-0.4, -0.2) is 145 Å². The molecule has 2 fully saturated rings. The predicted octanol–water partition coefficient (Wildman–Crippen LogP) is 6.79. The Morgan fingerprint density at radius 1 is 0.569 bits per heavy atom. The van der Waals surface area contributed by atoms with E-state index in [-0.39, 0.29) is 59.2 Å². The van der Waals surface area contributed by atoms with E-state index in [0.29, 0.717) is 77.8 Å². The SMILES string of the molecule is CN[C@@H](C)C(=O)N[C@H](C(=O)N1CCC[C@@H]1CN(CCc1ccc(F)cc1)C(=O)CCCCCCCCC(=O)N(CCc1ccc(F)cc1)C[C@@H]1CCCN1C(=O)[C@@H](NC(=O)[C@H](C)NC)C(C)(C)C)C(C)(C)C. The summed E-state index contributed by atoms with van der Waals surface area (Å²) in [5.74, 6) is -1.41. The smallest absolute Gasteiger partial charge is 0.246 e. The summed E-state index contributed by atoms with van der Waals surface area (Å²) in [6.07, 6.45) is 9.76. The molecule has 0 spiro atoms. The van der Waals surface area contributed by atoms with Gasteiger partial charge in [0.15, 0.2) is 0 Å². The number of likely N-dealkylation sites (N-methyl/N-ethyl adjacent to an activating group) is 2. The fourth-order valence-corrected chi connectivity index (χ4v) is 9.61. The maximum absolute atomic E-state index is 14.2. The van der Waals surface area contributed by atoms with Crippen LogP contribution in [0, 0.1) is 22.5 Å². The number of nitrogens with zero attached hydrogens (tertiary/aromatic N) is 4. The quantitative estimate of drug-likeness (QED) is 0.0712. The van der Waals surface area contributed by atoms with Crippen molar-refractivity contribution >= 4 is 35.4 Å². The van der Waals surface area contributed by atoms with Crippen LogP contribution in [0.15, 0.2) is 48.5 Å². The highest BCUT2D eigenvalue weighted by atomic mass is 19.1. The van der Waals surface area contributed by atoms with Crippen LogP contribution in [0.25, 0.3) is 0 Å². The lowest BCUT2D eigenvalue weighted by Crippen LogP contribution is -2.59. The van der Waals surface area contributed by atoms with Gasteiger partial charge in [-0.2, -0.15) is 0 Å². The third-order valence-corrected chi connectivity index (χ3v) is 14.5. The topological polar surface area (TPSA) is 163 Å². The lowest BCUT2D eigenvalue weighted by atomic mass is 9.85. The average molecular weight is 1010 g/mol. The van der Waals surface area contributed by atoms with Gasteiger partial charge in [-0.15, -0.1) is 0 Å². The first-order chi connectivity index (χ1) is 34.0. The summed E-state index contributed by atoms with van der Waals surface area (Å²) in [5, 5.41) is 11.9. The zero-order valence-electron chi connectivity index (χ0n) is 45.2. The number of amides is 6. The Labute approximate surface area is 429 Å². The molecule has 402 valence electrons. The van der Waals surface area contributed by atoms with E-state index >= 15 is 0 Å². The number of carbonyl (C=O) groups is 6. The number of benzene rings is 2. The number of hydrogen-bond donors (Lipinski definition) is 4. The van der Waals surface area contributed by atoms with Crippen molar-refractivity contribution in [2.75, 3.05) is 53.4 Å². The van der Waals surface area contributed by atoms with Crippen LogP contribution in [0.1, 0.15) is 144 Å². The van der Waals surface area contributed by atoms with Crippen LogP contribution in [0.5, 0.6) is 0 Å². The van der Waals surface area contributed by atoms with Gasteiger partial charge in [-0.05, 0) is 126 Å². The monoisotopic (exact) mass is 1010 g/mol. The summed E-state index contributed by atoms with van der Waals surface area (Å²) >= 11 is 0. The Bertz CT molecular complexity index is 1910. The third kappa shape index (κ3) is 18.5. The van der Waals surface area contributed by atoms with E-state index in [9.17, 15) is 37.5 Å².